The van der Waals surface area contributed by atoms with Gasteiger partial charge in [-0.1, -0.05) is 60.7 Å². The fraction of sp³-hybridized carbons (Fsp3) is 0.238. The Balaban J connectivity index is 1.82. The molecular formula is C21H21N3O6. The maximum Gasteiger partial charge on any atom is 0.328 e. The minimum Gasteiger partial charge on any atom is -0.481 e. The average Bonchev–Trinajstić information content (AvgIpc) is 3.02. The Morgan fingerprint density at radius 2 is 1.57 bits per heavy atom. The summed E-state index contributed by atoms with van der Waals surface area (Å²) >= 11 is 0. The van der Waals surface area contributed by atoms with Crippen LogP contribution in [0.15, 0.2) is 60.7 Å². The first-order valence-corrected chi connectivity index (χ1v) is 9.25. The highest BCUT2D eigenvalue weighted by atomic mass is 16.5. The van der Waals surface area contributed by atoms with Gasteiger partial charge >= 0.3 is 18.0 Å². The average molecular weight is 411 g/mol. The van der Waals surface area contributed by atoms with Gasteiger partial charge in [0.15, 0.2) is 12.3 Å². The van der Waals surface area contributed by atoms with Gasteiger partial charge in [0.1, 0.15) is 6.04 Å². The summed E-state index contributed by atoms with van der Waals surface area (Å²) in [5, 5.41) is 11.4. The normalized spacial score (nSPS) is 16.1. The molecule has 9 nitrogen and oxygen atoms in total. The summed E-state index contributed by atoms with van der Waals surface area (Å²) in [7, 11) is 0. The second-order valence-electron chi connectivity index (χ2n) is 6.78. The number of rotatable bonds is 8. The SMILES string of the molecule is N[C@@H](CCC(=O)O)C(=O)OCN1C(=O)NC(c2ccccc2)(c2ccccc2)C1=O. The number of imide groups is 1. The van der Waals surface area contributed by atoms with Crippen LogP contribution in [0.4, 0.5) is 4.79 Å². The number of carboxylic acid groups (broad SMARTS) is 1. The largest absolute Gasteiger partial charge is 0.481 e. The van der Waals surface area contributed by atoms with Gasteiger partial charge in [-0.25, -0.2) is 9.69 Å². The van der Waals surface area contributed by atoms with Crippen molar-refractivity contribution < 1.29 is 29.0 Å². The maximum absolute atomic E-state index is 13.4. The van der Waals surface area contributed by atoms with Crippen molar-refractivity contribution in [1.29, 1.82) is 0 Å². The van der Waals surface area contributed by atoms with Gasteiger partial charge in [0, 0.05) is 6.42 Å². The molecule has 1 fully saturated rings. The Morgan fingerprint density at radius 1 is 1.03 bits per heavy atom. The Kier molecular flexibility index (Phi) is 6.12. The molecule has 4 N–H and O–H groups in total. The van der Waals surface area contributed by atoms with Gasteiger partial charge in [0.2, 0.25) is 0 Å². The van der Waals surface area contributed by atoms with Gasteiger partial charge in [-0.15, -0.1) is 0 Å². The van der Waals surface area contributed by atoms with Gasteiger partial charge in [-0.2, -0.15) is 0 Å². The van der Waals surface area contributed by atoms with E-state index in [1.54, 1.807) is 60.7 Å². The molecule has 30 heavy (non-hydrogen) atoms. The molecule has 0 saturated carbocycles. The fourth-order valence-corrected chi connectivity index (χ4v) is 3.26. The molecule has 1 atom stereocenters. The van der Waals surface area contributed by atoms with Gasteiger partial charge < -0.3 is 20.9 Å². The zero-order chi connectivity index (χ0) is 21.7. The van der Waals surface area contributed by atoms with Gasteiger partial charge in [-0.05, 0) is 17.5 Å². The number of nitrogens with two attached hydrogens (primary N) is 1. The lowest BCUT2D eigenvalue weighted by atomic mass is 9.83. The first-order chi connectivity index (χ1) is 14.4. The summed E-state index contributed by atoms with van der Waals surface area (Å²) in [6, 6.07) is 15.6. The van der Waals surface area contributed by atoms with Crippen LogP contribution in [-0.2, 0) is 24.7 Å². The Bertz CT molecular complexity index is 908. The van der Waals surface area contributed by atoms with Crippen LogP contribution in [-0.4, -0.2) is 46.7 Å². The molecule has 9 heteroatoms. The minimum absolute atomic E-state index is 0.119. The molecule has 0 spiro atoms. The highest BCUT2D eigenvalue weighted by Crippen LogP contribution is 2.35. The van der Waals surface area contributed by atoms with E-state index in [4.69, 9.17) is 15.6 Å². The van der Waals surface area contributed by atoms with E-state index in [0.717, 1.165) is 4.90 Å². The number of amides is 3. The maximum atomic E-state index is 13.4. The van der Waals surface area contributed by atoms with E-state index in [9.17, 15) is 19.2 Å². The molecule has 3 amide bonds. The number of carboxylic acids is 1. The number of nitrogens with zero attached hydrogens (tertiary/aromatic N) is 1. The third-order valence-corrected chi connectivity index (χ3v) is 4.83. The highest BCUT2D eigenvalue weighted by Gasteiger charge is 2.54. The van der Waals surface area contributed by atoms with Crippen molar-refractivity contribution >= 4 is 23.9 Å². The van der Waals surface area contributed by atoms with Crippen molar-refractivity contribution in [3.05, 3.63) is 71.8 Å². The lowest BCUT2D eigenvalue weighted by molar-refractivity contribution is -0.151. The summed E-state index contributed by atoms with van der Waals surface area (Å²) in [4.78, 5) is 49.4. The molecular weight excluding hydrogens is 390 g/mol. The Morgan fingerprint density at radius 3 is 2.07 bits per heavy atom. The van der Waals surface area contributed by atoms with E-state index >= 15 is 0 Å². The lowest BCUT2D eigenvalue weighted by Crippen LogP contribution is -2.45. The molecule has 1 aliphatic heterocycles. The van der Waals surface area contributed by atoms with Gasteiger partial charge in [0.25, 0.3) is 5.91 Å². The van der Waals surface area contributed by atoms with E-state index < -0.39 is 42.2 Å². The van der Waals surface area contributed by atoms with Gasteiger partial charge in [0.05, 0.1) is 0 Å². The van der Waals surface area contributed by atoms with E-state index in [1.165, 1.54) is 0 Å². The smallest absolute Gasteiger partial charge is 0.328 e. The summed E-state index contributed by atoms with van der Waals surface area (Å²) in [5.74, 6) is -2.59. The van der Waals surface area contributed by atoms with Crippen molar-refractivity contribution in [2.24, 2.45) is 5.73 Å². The third kappa shape index (κ3) is 4.01. The zero-order valence-corrected chi connectivity index (χ0v) is 16.0. The molecule has 1 aliphatic rings. The van der Waals surface area contributed by atoms with Crippen LogP contribution in [0.1, 0.15) is 24.0 Å². The van der Waals surface area contributed by atoms with Crippen molar-refractivity contribution in [1.82, 2.24) is 10.2 Å². The second kappa shape index (κ2) is 8.75. The fourth-order valence-electron chi connectivity index (χ4n) is 3.26. The molecule has 0 unspecified atom stereocenters. The van der Waals surface area contributed by atoms with Crippen molar-refractivity contribution in [3.8, 4) is 0 Å². The summed E-state index contributed by atoms with van der Waals surface area (Å²) in [5.41, 5.74) is 5.27. The number of esters is 1. The number of nitrogens with one attached hydrogen (secondary N) is 1. The number of hydrogen-bond donors (Lipinski definition) is 3. The molecule has 1 saturated heterocycles. The standard InChI is InChI=1S/C21H21N3O6/c22-16(11-12-17(25)26)18(27)30-13-24-19(28)21(23-20(24)29,14-7-3-1-4-8-14)15-9-5-2-6-10-15/h1-10,16H,11-13,22H2,(H,23,29)(H,25,26)/t16-/m0/s1. The molecule has 1 heterocycles. The topological polar surface area (TPSA) is 139 Å². The van der Waals surface area contributed by atoms with E-state index in [2.05, 4.69) is 5.32 Å². The molecule has 0 aromatic heterocycles. The zero-order valence-electron chi connectivity index (χ0n) is 16.0. The quantitative estimate of drug-likeness (QED) is 0.438. The predicted molar refractivity (Wildman–Crippen MR) is 105 cm³/mol. The van der Waals surface area contributed by atoms with Crippen LogP contribution < -0.4 is 11.1 Å². The second-order valence-corrected chi connectivity index (χ2v) is 6.78. The highest BCUT2D eigenvalue weighted by molar-refractivity contribution is 6.09. The lowest BCUT2D eigenvalue weighted by Gasteiger charge is -2.28. The van der Waals surface area contributed by atoms with Crippen molar-refractivity contribution in [2.45, 2.75) is 24.4 Å². The van der Waals surface area contributed by atoms with E-state index in [-0.39, 0.29) is 12.8 Å². The van der Waals surface area contributed by atoms with Crippen molar-refractivity contribution in [2.75, 3.05) is 6.73 Å². The molecule has 0 aliphatic carbocycles. The van der Waals surface area contributed by atoms with Crippen LogP contribution in [0.3, 0.4) is 0 Å². The number of ether oxygens (including phenoxy) is 1. The molecule has 156 valence electrons. The van der Waals surface area contributed by atoms with Crippen molar-refractivity contribution in [3.63, 3.8) is 0 Å². The summed E-state index contributed by atoms with van der Waals surface area (Å²) < 4.78 is 5.01. The first kappa shape index (κ1) is 21.0. The minimum atomic E-state index is -1.46. The number of benzene rings is 2. The van der Waals surface area contributed by atoms with Crippen LogP contribution in [0.5, 0.6) is 0 Å². The van der Waals surface area contributed by atoms with Crippen LogP contribution in [0, 0.1) is 0 Å². The molecule has 3 rings (SSSR count). The van der Waals surface area contributed by atoms with E-state index in [1.807, 2.05) is 0 Å². The summed E-state index contributed by atoms with van der Waals surface area (Å²) in [6.45, 7) is -0.633. The number of aliphatic carboxylic acids is 1. The number of carbonyl (C=O) groups is 4. The molecule has 0 radical (unpaired) electrons. The molecule has 2 aromatic rings. The van der Waals surface area contributed by atoms with Crippen LogP contribution in [0.25, 0.3) is 0 Å². The van der Waals surface area contributed by atoms with Crippen LogP contribution >= 0.6 is 0 Å². The van der Waals surface area contributed by atoms with Crippen LogP contribution in [0.2, 0.25) is 0 Å². The Hall–Kier alpha value is -3.72. The molecule has 0 bridgehead atoms. The molecule has 2 aromatic carbocycles. The predicted octanol–water partition coefficient (Wildman–Crippen LogP) is 1.17. The number of hydrogen-bond acceptors (Lipinski definition) is 6. The Labute approximate surface area is 172 Å². The van der Waals surface area contributed by atoms with E-state index in [0.29, 0.717) is 11.1 Å². The first-order valence-electron chi connectivity index (χ1n) is 9.25. The number of urea groups is 1. The summed E-state index contributed by atoms with van der Waals surface area (Å²) in [6.07, 6.45) is -0.420. The third-order valence-electron chi connectivity index (χ3n) is 4.83. The van der Waals surface area contributed by atoms with Gasteiger partial charge in [-0.3, -0.25) is 14.4 Å². The monoisotopic (exact) mass is 411 g/mol. The number of carbonyl (C=O) groups excluding carboxylic acids is 3.